The molecule has 0 aliphatic carbocycles. The molecule has 1 aromatic heterocycles. The van der Waals surface area contributed by atoms with Gasteiger partial charge < -0.3 is 10.6 Å². The fourth-order valence-corrected chi connectivity index (χ4v) is 2.29. The Bertz CT molecular complexity index is 750. The van der Waals surface area contributed by atoms with Crippen LogP contribution in [0.4, 0.5) is 5.69 Å². The van der Waals surface area contributed by atoms with Crippen molar-refractivity contribution >= 4 is 40.7 Å². The highest BCUT2D eigenvalue weighted by Gasteiger charge is 2.13. The van der Waals surface area contributed by atoms with Crippen molar-refractivity contribution in [1.82, 2.24) is 10.3 Å². The molecule has 2 rings (SSSR count). The molecule has 0 saturated heterocycles. The van der Waals surface area contributed by atoms with E-state index in [4.69, 9.17) is 23.2 Å². The van der Waals surface area contributed by atoms with Crippen molar-refractivity contribution in [2.75, 3.05) is 11.9 Å². The number of anilines is 1. The smallest absolute Gasteiger partial charge is 0.257 e. The van der Waals surface area contributed by atoms with Crippen LogP contribution in [-0.4, -0.2) is 23.3 Å². The minimum absolute atomic E-state index is 0.258. The second-order valence-corrected chi connectivity index (χ2v) is 5.99. The van der Waals surface area contributed by atoms with Crippen LogP contribution in [0.5, 0.6) is 0 Å². The summed E-state index contributed by atoms with van der Waals surface area (Å²) in [5.74, 6) is -0.679. The third-order valence-corrected chi connectivity index (χ3v) is 3.82. The second kappa shape index (κ2) is 8.66. The highest BCUT2D eigenvalue weighted by molar-refractivity contribution is 6.35. The van der Waals surface area contributed by atoms with E-state index in [1.165, 1.54) is 18.5 Å². The van der Waals surface area contributed by atoms with E-state index < -0.39 is 5.91 Å². The van der Waals surface area contributed by atoms with E-state index in [-0.39, 0.29) is 11.5 Å². The predicted molar refractivity (Wildman–Crippen MR) is 95.9 cm³/mol. The second-order valence-electron chi connectivity index (χ2n) is 5.15. The Hall–Kier alpha value is -2.11. The molecule has 5 nitrogen and oxygen atoms in total. The average molecular weight is 366 g/mol. The van der Waals surface area contributed by atoms with Crippen molar-refractivity contribution in [2.24, 2.45) is 0 Å². The van der Waals surface area contributed by atoms with Crippen LogP contribution in [0.1, 0.15) is 40.5 Å². The molecule has 1 aromatic carbocycles. The average Bonchev–Trinajstić information content (AvgIpc) is 2.58. The van der Waals surface area contributed by atoms with Gasteiger partial charge >= 0.3 is 0 Å². The Balaban J connectivity index is 2.11. The monoisotopic (exact) mass is 365 g/mol. The van der Waals surface area contributed by atoms with Gasteiger partial charge in [0.1, 0.15) is 0 Å². The van der Waals surface area contributed by atoms with E-state index in [9.17, 15) is 9.59 Å². The molecule has 0 radical (unpaired) electrons. The highest BCUT2D eigenvalue weighted by atomic mass is 35.5. The zero-order chi connectivity index (χ0) is 17.5. The van der Waals surface area contributed by atoms with E-state index >= 15 is 0 Å². The third-order valence-electron chi connectivity index (χ3n) is 3.26. The molecule has 0 saturated carbocycles. The van der Waals surface area contributed by atoms with Crippen LogP contribution in [0.3, 0.4) is 0 Å². The van der Waals surface area contributed by atoms with Crippen LogP contribution >= 0.6 is 23.2 Å². The Morgan fingerprint density at radius 3 is 2.50 bits per heavy atom. The molecule has 24 heavy (non-hydrogen) atoms. The van der Waals surface area contributed by atoms with Crippen LogP contribution in [0, 0.1) is 0 Å². The number of hydrogen-bond donors (Lipinski definition) is 2. The van der Waals surface area contributed by atoms with Gasteiger partial charge in [-0.3, -0.25) is 14.6 Å². The van der Waals surface area contributed by atoms with Crippen molar-refractivity contribution in [1.29, 1.82) is 0 Å². The molecule has 0 spiro atoms. The lowest BCUT2D eigenvalue weighted by Gasteiger charge is -2.09. The molecule has 7 heteroatoms. The van der Waals surface area contributed by atoms with E-state index in [2.05, 4.69) is 15.6 Å². The zero-order valence-corrected chi connectivity index (χ0v) is 14.6. The van der Waals surface area contributed by atoms with Gasteiger partial charge in [0.15, 0.2) is 0 Å². The largest absolute Gasteiger partial charge is 0.352 e. The lowest BCUT2D eigenvalue weighted by molar-refractivity contribution is 0.0953. The summed E-state index contributed by atoms with van der Waals surface area (Å²) < 4.78 is 0. The summed E-state index contributed by atoms with van der Waals surface area (Å²) in [5.41, 5.74) is 0.983. The standard InChI is InChI=1S/C17H17Cl2N3O2/c1-2-3-6-21-16(23)11-7-12(10-20-9-11)17(24)22-15-8-13(18)4-5-14(15)19/h4-5,7-10H,2-3,6H2,1H3,(H,21,23)(H,22,24). The van der Waals surface area contributed by atoms with Crippen LogP contribution in [0.2, 0.25) is 10.0 Å². The Morgan fingerprint density at radius 2 is 1.79 bits per heavy atom. The molecule has 0 unspecified atom stereocenters. The number of pyridine rings is 1. The van der Waals surface area contributed by atoms with E-state index in [1.54, 1.807) is 18.2 Å². The van der Waals surface area contributed by atoms with Gasteiger partial charge in [-0.15, -0.1) is 0 Å². The maximum absolute atomic E-state index is 12.3. The molecule has 1 heterocycles. The van der Waals surface area contributed by atoms with Crippen molar-refractivity contribution < 1.29 is 9.59 Å². The van der Waals surface area contributed by atoms with Gasteiger partial charge in [-0.1, -0.05) is 36.5 Å². The Kier molecular flexibility index (Phi) is 6.58. The molecule has 0 fully saturated rings. The number of benzene rings is 1. The zero-order valence-electron chi connectivity index (χ0n) is 13.1. The fourth-order valence-electron chi connectivity index (χ4n) is 1.96. The number of carbonyl (C=O) groups excluding carboxylic acids is 2. The van der Waals surface area contributed by atoms with Crippen molar-refractivity contribution in [3.05, 3.63) is 57.8 Å². The molecule has 2 N–H and O–H groups in total. The van der Waals surface area contributed by atoms with Gasteiger partial charge in [0.25, 0.3) is 11.8 Å². The fraction of sp³-hybridized carbons (Fsp3) is 0.235. The van der Waals surface area contributed by atoms with Crippen LogP contribution in [-0.2, 0) is 0 Å². The van der Waals surface area contributed by atoms with Crippen LogP contribution in [0.25, 0.3) is 0 Å². The van der Waals surface area contributed by atoms with Crippen molar-refractivity contribution in [3.8, 4) is 0 Å². The van der Waals surface area contributed by atoms with Gasteiger partial charge in [0.05, 0.1) is 21.8 Å². The number of nitrogens with one attached hydrogen (secondary N) is 2. The summed E-state index contributed by atoms with van der Waals surface area (Å²) in [6.07, 6.45) is 4.69. The minimum Gasteiger partial charge on any atom is -0.352 e. The number of carbonyl (C=O) groups is 2. The van der Waals surface area contributed by atoms with Gasteiger partial charge in [-0.2, -0.15) is 0 Å². The first-order chi connectivity index (χ1) is 11.5. The molecule has 126 valence electrons. The Labute approximate surface area is 150 Å². The molecule has 0 aliphatic heterocycles. The number of unbranched alkanes of at least 4 members (excludes halogenated alkanes) is 1. The Morgan fingerprint density at radius 1 is 1.08 bits per heavy atom. The first kappa shape index (κ1) is 18.2. The minimum atomic E-state index is -0.421. The highest BCUT2D eigenvalue weighted by Crippen LogP contribution is 2.25. The number of amides is 2. The summed E-state index contributed by atoms with van der Waals surface area (Å²) >= 11 is 11.9. The number of aromatic nitrogens is 1. The van der Waals surface area contributed by atoms with Gasteiger partial charge in [0.2, 0.25) is 0 Å². The lowest BCUT2D eigenvalue weighted by atomic mass is 10.1. The van der Waals surface area contributed by atoms with Crippen LogP contribution < -0.4 is 10.6 Å². The topological polar surface area (TPSA) is 71.1 Å². The number of hydrogen-bond acceptors (Lipinski definition) is 3. The molecule has 0 aliphatic rings. The molecular formula is C17H17Cl2N3O2. The van der Waals surface area contributed by atoms with Crippen molar-refractivity contribution in [2.45, 2.75) is 19.8 Å². The normalized spacial score (nSPS) is 10.3. The van der Waals surface area contributed by atoms with E-state index in [1.807, 2.05) is 6.92 Å². The van der Waals surface area contributed by atoms with E-state index in [0.717, 1.165) is 12.8 Å². The van der Waals surface area contributed by atoms with Gasteiger partial charge in [-0.25, -0.2) is 0 Å². The number of rotatable bonds is 6. The van der Waals surface area contributed by atoms with Crippen LogP contribution in [0.15, 0.2) is 36.7 Å². The molecule has 2 amide bonds. The summed E-state index contributed by atoms with van der Waals surface area (Å²) in [6.45, 7) is 2.63. The number of nitrogens with zero attached hydrogens (tertiary/aromatic N) is 1. The van der Waals surface area contributed by atoms with Crippen molar-refractivity contribution in [3.63, 3.8) is 0 Å². The number of halogens is 2. The summed E-state index contributed by atoms with van der Waals surface area (Å²) in [4.78, 5) is 28.3. The summed E-state index contributed by atoms with van der Waals surface area (Å²) in [7, 11) is 0. The van der Waals surface area contributed by atoms with E-state index in [0.29, 0.717) is 27.8 Å². The van der Waals surface area contributed by atoms with Gasteiger partial charge in [-0.05, 0) is 30.7 Å². The molecule has 0 atom stereocenters. The first-order valence-corrected chi connectivity index (χ1v) is 8.26. The third kappa shape index (κ3) is 4.94. The lowest BCUT2D eigenvalue weighted by Crippen LogP contribution is -2.25. The molecule has 0 bridgehead atoms. The molecule has 2 aromatic rings. The van der Waals surface area contributed by atoms with Gasteiger partial charge in [0, 0.05) is 24.0 Å². The quantitative estimate of drug-likeness (QED) is 0.754. The SMILES string of the molecule is CCCCNC(=O)c1cncc(C(=O)Nc2cc(Cl)ccc2Cl)c1. The molecular weight excluding hydrogens is 349 g/mol. The predicted octanol–water partition coefficient (Wildman–Crippen LogP) is 4.17. The maximum atomic E-state index is 12.3. The maximum Gasteiger partial charge on any atom is 0.257 e. The summed E-state index contributed by atoms with van der Waals surface area (Å²) in [6, 6.07) is 6.26. The first-order valence-electron chi connectivity index (χ1n) is 7.51. The summed E-state index contributed by atoms with van der Waals surface area (Å²) in [5, 5.41) is 6.27.